The Morgan fingerprint density at radius 1 is 1.36 bits per heavy atom. The average Bonchev–Trinajstić information content (AvgIpc) is 2.64. The molecule has 1 fully saturated rings. The van der Waals surface area contributed by atoms with Crippen LogP contribution in [-0.4, -0.2) is 60.5 Å². The molecule has 0 aromatic heterocycles. The highest BCUT2D eigenvalue weighted by molar-refractivity contribution is 5.76. The van der Waals surface area contributed by atoms with Gasteiger partial charge in [0.15, 0.2) is 11.6 Å². The number of hydrogen-bond acceptors (Lipinski definition) is 5. The summed E-state index contributed by atoms with van der Waals surface area (Å²) in [6.07, 6.45) is 0.461. The molecule has 120 valence electrons. The molecule has 0 atom stereocenters. The maximum atomic E-state index is 13.6. The van der Waals surface area contributed by atoms with Crippen LogP contribution in [-0.2, 0) is 4.79 Å². The van der Waals surface area contributed by atoms with Gasteiger partial charge < -0.3 is 9.64 Å². The van der Waals surface area contributed by atoms with Crippen LogP contribution < -0.4 is 4.74 Å². The first kappa shape index (κ1) is 16.2. The number of nitrogens with zero attached hydrogens (tertiary/aromatic N) is 3. The van der Waals surface area contributed by atoms with Gasteiger partial charge in [-0.1, -0.05) is 0 Å². The smallest absolute Gasteiger partial charge is 0.272 e. The Morgan fingerprint density at radius 2 is 2.14 bits per heavy atom. The predicted molar refractivity (Wildman–Crippen MR) is 77.2 cm³/mol. The van der Waals surface area contributed by atoms with Gasteiger partial charge in [-0.25, -0.2) is 4.39 Å². The van der Waals surface area contributed by atoms with Crippen LogP contribution in [0.3, 0.4) is 0 Å². The van der Waals surface area contributed by atoms with Gasteiger partial charge in [0.2, 0.25) is 5.91 Å². The van der Waals surface area contributed by atoms with Crippen molar-refractivity contribution in [1.29, 1.82) is 0 Å². The van der Waals surface area contributed by atoms with Gasteiger partial charge in [0.25, 0.3) is 5.69 Å². The third-order valence-electron chi connectivity index (χ3n) is 3.61. The van der Waals surface area contributed by atoms with Crippen molar-refractivity contribution in [3.05, 3.63) is 34.1 Å². The first-order valence-corrected chi connectivity index (χ1v) is 7.00. The van der Waals surface area contributed by atoms with Crippen molar-refractivity contribution in [2.45, 2.75) is 6.42 Å². The Labute approximate surface area is 127 Å². The largest absolute Gasteiger partial charge is 0.489 e. The van der Waals surface area contributed by atoms with Crippen molar-refractivity contribution in [3.8, 4) is 5.75 Å². The molecule has 0 saturated carbocycles. The molecule has 7 nitrogen and oxygen atoms in total. The molecule has 1 heterocycles. The monoisotopic (exact) mass is 311 g/mol. The van der Waals surface area contributed by atoms with E-state index in [4.69, 9.17) is 4.74 Å². The lowest BCUT2D eigenvalue weighted by Crippen LogP contribution is -2.32. The lowest BCUT2D eigenvalue weighted by Gasteiger charge is -2.19. The standard InChI is InChI=1S/C14H18FN3O4/c1-16-6-7-17(5-4-14(16)19)8-9-22-13-3-2-11(18(20)21)10-12(13)15/h2-3,10H,4-9H2,1H3. The molecule has 1 aliphatic rings. The van der Waals surface area contributed by atoms with Gasteiger partial charge in [-0.3, -0.25) is 19.8 Å². The van der Waals surface area contributed by atoms with Crippen LogP contribution in [0, 0.1) is 15.9 Å². The highest BCUT2D eigenvalue weighted by Crippen LogP contribution is 2.22. The summed E-state index contributed by atoms with van der Waals surface area (Å²) in [6.45, 7) is 2.87. The molecule has 1 aromatic carbocycles. The minimum absolute atomic E-state index is 0.00591. The molecule has 0 unspecified atom stereocenters. The quantitative estimate of drug-likeness (QED) is 0.605. The van der Waals surface area contributed by atoms with E-state index in [0.29, 0.717) is 26.1 Å². The minimum atomic E-state index is -0.750. The van der Waals surface area contributed by atoms with Crippen molar-refractivity contribution in [2.75, 3.05) is 39.8 Å². The van der Waals surface area contributed by atoms with Gasteiger partial charge in [-0.05, 0) is 6.07 Å². The van der Waals surface area contributed by atoms with Crippen molar-refractivity contribution in [3.63, 3.8) is 0 Å². The maximum absolute atomic E-state index is 13.6. The SMILES string of the molecule is CN1CCN(CCOc2ccc([N+](=O)[O-])cc2F)CCC1=O. The van der Waals surface area contributed by atoms with Gasteiger partial charge >= 0.3 is 0 Å². The number of nitro groups is 1. The van der Waals surface area contributed by atoms with E-state index in [1.807, 2.05) is 0 Å². The van der Waals surface area contributed by atoms with Gasteiger partial charge in [0.05, 0.1) is 11.0 Å². The topological polar surface area (TPSA) is 75.9 Å². The van der Waals surface area contributed by atoms with Crippen LogP contribution in [0.4, 0.5) is 10.1 Å². The number of ether oxygens (including phenoxy) is 1. The van der Waals surface area contributed by atoms with E-state index in [1.54, 1.807) is 11.9 Å². The van der Waals surface area contributed by atoms with E-state index < -0.39 is 10.7 Å². The van der Waals surface area contributed by atoms with Crippen LogP contribution in [0.25, 0.3) is 0 Å². The number of halogens is 1. The number of carbonyl (C=O) groups excluding carboxylic acids is 1. The van der Waals surface area contributed by atoms with Crippen LogP contribution in [0.5, 0.6) is 5.75 Å². The zero-order chi connectivity index (χ0) is 16.1. The predicted octanol–water partition coefficient (Wildman–Crippen LogP) is 1.28. The van der Waals surface area contributed by atoms with Crippen molar-refractivity contribution >= 4 is 11.6 Å². The van der Waals surface area contributed by atoms with E-state index in [9.17, 15) is 19.3 Å². The fraction of sp³-hybridized carbons (Fsp3) is 0.500. The summed E-state index contributed by atoms with van der Waals surface area (Å²) >= 11 is 0. The number of rotatable bonds is 5. The van der Waals surface area contributed by atoms with Crippen molar-refractivity contribution in [1.82, 2.24) is 9.80 Å². The highest BCUT2D eigenvalue weighted by Gasteiger charge is 2.18. The highest BCUT2D eigenvalue weighted by atomic mass is 19.1. The number of benzene rings is 1. The lowest BCUT2D eigenvalue weighted by atomic mass is 10.3. The van der Waals surface area contributed by atoms with Crippen molar-refractivity contribution < 1.29 is 18.8 Å². The summed E-state index contributed by atoms with van der Waals surface area (Å²) in [5, 5.41) is 10.5. The second kappa shape index (κ2) is 7.17. The normalized spacial score (nSPS) is 16.5. The summed E-state index contributed by atoms with van der Waals surface area (Å²) in [5.41, 5.74) is -0.307. The van der Waals surface area contributed by atoms with E-state index in [1.165, 1.54) is 12.1 Å². The first-order valence-electron chi connectivity index (χ1n) is 7.00. The Bertz CT molecular complexity index is 567. The molecular formula is C14H18FN3O4. The van der Waals surface area contributed by atoms with E-state index in [2.05, 4.69) is 4.90 Å². The zero-order valence-corrected chi connectivity index (χ0v) is 12.3. The Balaban J connectivity index is 1.83. The van der Waals surface area contributed by atoms with Gasteiger partial charge in [-0.15, -0.1) is 0 Å². The molecule has 0 N–H and O–H groups in total. The summed E-state index contributed by atoms with van der Waals surface area (Å²) in [4.78, 5) is 25.2. The molecule has 0 spiro atoms. The number of likely N-dealkylation sites (N-methyl/N-ethyl adjacent to an activating group) is 1. The number of carbonyl (C=O) groups is 1. The van der Waals surface area contributed by atoms with Crippen LogP contribution in [0.15, 0.2) is 18.2 Å². The Hall–Kier alpha value is -2.22. The molecule has 0 bridgehead atoms. The van der Waals surface area contributed by atoms with E-state index >= 15 is 0 Å². The maximum Gasteiger partial charge on any atom is 0.272 e. The average molecular weight is 311 g/mol. The fourth-order valence-corrected chi connectivity index (χ4v) is 2.20. The Morgan fingerprint density at radius 3 is 2.82 bits per heavy atom. The molecule has 22 heavy (non-hydrogen) atoms. The number of hydrogen-bond donors (Lipinski definition) is 0. The second-order valence-electron chi connectivity index (χ2n) is 5.13. The third kappa shape index (κ3) is 4.14. The summed E-state index contributed by atoms with van der Waals surface area (Å²) < 4.78 is 19.0. The first-order chi connectivity index (χ1) is 10.5. The van der Waals surface area contributed by atoms with Gasteiger partial charge in [0, 0.05) is 45.7 Å². The minimum Gasteiger partial charge on any atom is -0.489 e. The van der Waals surface area contributed by atoms with Crippen LogP contribution in [0.2, 0.25) is 0 Å². The second-order valence-corrected chi connectivity index (χ2v) is 5.13. The number of amides is 1. The number of non-ortho nitro benzene ring substituents is 1. The summed E-state index contributed by atoms with van der Waals surface area (Å²) in [7, 11) is 1.77. The molecular weight excluding hydrogens is 293 g/mol. The van der Waals surface area contributed by atoms with E-state index in [0.717, 1.165) is 12.6 Å². The third-order valence-corrected chi connectivity index (χ3v) is 3.61. The van der Waals surface area contributed by atoms with Crippen molar-refractivity contribution in [2.24, 2.45) is 0 Å². The molecule has 0 radical (unpaired) electrons. The van der Waals surface area contributed by atoms with Crippen LogP contribution >= 0.6 is 0 Å². The zero-order valence-electron chi connectivity index (χ0n) is 12.3. The van der Waals surface area contributed by atoms with E-state index in [-0.39, 0.29) is 24.0 Å². The molecule has 1 amide bonds. The Kier molecular flexibility index (Phi) is 5.26. The number of nitro benzene ring substituents is 1. The molecule has 0 aliphatic carbocycles. The summed E-state index contributed by atoms with van der Waals surface area (Å²) in [6, 6.07) is 3.31. The molecule has 8 heteroatoms. The molecule has 1 saturated heterocycles. The van der Waals surface area contributed by atoms with Crippen LogP contribution in [0.1, 0.15) is 6.42 Å². The molecule has 1 aromatic rings. The summed E-state index contributed by atoms with van der Waals surface area (Å²) in [5.74, 6) is -0.640. The van der Waals surface area contributed by atoms with Gasteiger partial charge in [0.1, 0.15) is 6.61 Å². The molecule has 2 rings (SSSR count). The lowest BCUT2D eigenvalue weighted by molar-refractivity contribution is -0.385. The molecule has 1 aliphatic heterocycles. The van der Waals surface area contributed by atoms with Gasteiger partial charge in [-0.2, -0.15) is 0 Å². The fourth-order valence-electron chi connectivity index (χ4n) is 2.20.